The molecule has 1 N–H and O–H groups in total. The number of hydrogen-bond donors (Lipinski definition) is 1. The number of pyridine rings is 1. The molecule has 0 radical (unpaired) electrons. The number of hydrogen-bond acceptors (Lipinski definition) is 4. The van der Waals surface area contributed by atoms with Gasteiger partial charge in [0.1, 0.15) is 11.4 Å². The van der Waals surface area contributed by atoms with Gasteiger partial charge in [-0.1, -0.05) is 35.3 Å². The van der Waals surface area contributed by atoms with Crippen LogP contribution in [0.2, 0.25) is 10.0 Å². The summed E-state index contributed by atoms with van der Waals surface area (Å²) in [7, 11) is 1.44. The first-order valence-corrected chi connectivity index (χ1v) is 10.2. The van der Waals surface area contributed by atoms with Gasteiger partial charge in [-0.3, -0.25) is 4.57 Å². The van der Waals surface area contributed by atoms with Gasteiger partial charge in [0.05, 0.1) is 23.5 Å². The van der Waals surface area contributed by atoms with Gasteiger partial charge in [-0.15, -0.1) is 0 Å². The maximum Gasteiger partial charge on any atom is 0.356 e. The van der Waals surface area contributed by atoms with Crippen LogP contribution in [0.4, 0.5) is 4.39 Å². The van der Waals surface area contributed by atoms with Gasteiger partial charge in [-0.05, 0) is 49.4 Å². The molecule has 0 atom stereocenters. The summed E-state index contributed by atoms with van der Waals surface area (Å²) in [6.45, 7) is 1.79. The number of carbonyl (C=O) groups is 1. The summed E-state index contributed by atoms with van der Waals surface area (Å²) in [5.74, 6) is -1.58. The van der Waals surface area contributed by atoms with Crippen molar-refractivity contribution in [3.63, 3.8) is 0 Å². The summed E-state index contributed by atoms with van der Waals surface area (Å²) in [6, 6.07) is 14.4. The normalized spacial score (nSPS) is 10.9. The van der Waals surface area contributed by atoms with Crippen LogP contribution in [0.5, 0.6) is 5.75 Å². The molecule has 6 nitrogen and oxygen atoms in total. The van der Waals surface area contributed by atoms with Crippen molar-refractivity contribution in [3.8, 4) is 34.2 Å². The second-order valence-corrected chi connectivity index (χ2v) is 7.70. The van der Waals surface area contributed by atoms with Crippen molar-refractivity contribution >= 4 is 29.2 Å². The van der Waals surface area contributed by atoms with Crippen LogP contribution in [0.3, 0.4) is 0 Å². The van der Waals surface area contributed by atoms with Crippen LogP contribution < -0.4 is 4.74 Å². The molecule has 0 unspecified atom stereocenters. The molecule has 0 bridgehead atoms. The van der Waals surface area contributed by atoms with Crippen molar-refractivity contribution in [1.82, 2.24) is 14.5 Å². The quantitative estimate of drug-likeness (QED) is 0.382. The van der Waals surface area contributed by atoms with Crippen molar-refractivity contribution in [3.05, 3.63) is 81.8 Å². The van der Waals surface area contributed by atoms with Gasteiger partial charge in [-0.2, -0.15) is 0 Å². The van der Waals surface area contributed by atoms with E-state index >= 15 is 4.39 Å². The highest BCUT2D eigenvalue weighted by Gasteiger charge is 2.29. The Labute approximate surface area is 192 Å². The number of halogens is 3. The molecule has 0 aliphatic heterocycles. The van der Waals surface area contributed by atoms with Crippen LogP contribution in [-0.2, 0) is 0 Å². The first-order valence-electron chi connectivity index (χ1n) is 9.40. The maximum absolute atomic E-state index is 15.2. The van der Waals surface area contributed by atoms with Crippen molar-refractivity contribution in [2.24, 2.45) is 0 Å². The molecule has 4 aromatic rings. The number of aromatic carboxylic acids is 1. The van der Waals surface area contributed by atoms with E-state index in [9.17, 15) is 9.90 Å². The minimum atomic E-state index is -1.31. The summed E-state index contributed by atoms with van der Waals surface area (Å²) in [5, 5.41) is 10.2. The largest absolute Gasteiger partial charge is 0.496 e. The number of benzene rings is 2. The highest BCUT2D eigenvalue weighted by atomic mass is 35.5. The maximum atomic E-state index is 15.2. The minimum absolute atomic E-state index is 0.00725. The lowest BCUT2D eigenvalue weighted by Gasteiger charge is -2.16. The zero-order valence-electron chi connectivity index (χ0n) is 16.9. The van der Waals surface area contributed by atoms with E-state index in [4.69, 9.17) is 27.9 Å². The lowest BCUT2D eigenvalue weighted by Crippen LogP contribution is -2.06. The third-order valence-electron chi connectivity index (χ3n) is 4.79. The number of rotatable bonds is 5. The predicted octanol–water partition coefficient (Wildman–Crippen LogP) is 6.06. The van der Waals surface area contributed by atoms with E-state index < -0.39 is 11.8 Å². The van der Waals surface area contributed by atoms with Crippen molar-refractivity contribution in [2.45, 2.75) is 6.92 Å². The molecule has 32 heavy (non-hydrogen) atoms. The lowest BCUT2D eigenvalue weighted by molar-refractivity contribution is 0.0692. The van der Waals surface area contributed by atoms with Gasteiger partial charge >= 0.3 is 5.97 Å². The molecule has 0 saturated carbocycles. The van der Waals surface area contributed by atoms with Crippen LogP contribution >= 0.6 is 23.2 Å². The second-order valence-electron chi connectivity index (χ2n) is 6.85. The number of aryl methyl sites for hydroxylation is 1. The van der Waals surface area contributed by atoms with E-state index in [0.29, 0.717) is 27.7 Å². The van der Waals surface area contributed by atoms with Gasteiger partial charge in [0.2, 0.25) is 0 Å². The third-order valence-corrected chi connectivity index (χ3v) is 5.31. The smallest absolute Gasteiger partial charge is 0.356 e. The van der Waals surface area contributed by atoms with E-state index in [1.54, 1.807) is 43.3 Å². The van der Waals surface area contributed by atoms with Gasteiger partial charge < -0.3 is 9.84 Å². The Morgan fingerprint density at radius 2 is 1.84 bits per heavy atom. The minimum Gasteiger partial charge on any atom is -0.496 e. The van der Waals surface area contributed by atoms with E-state index in [2.05, 4.69) is 9.97 Å². The number of carboxylic acid groups (broad SMARTS) is 1. The Bertz CT molecular complexity index is 1350. The molecule has 0 spiro atoms. The fourth-order valence-corrected chi connectivity index (χ4v) is 3.76. The number of carboxylic acids is 1. The molecule has 0 aliphatic carbocycles. The standard InChI is InChI=1S/C23H16Cl2FN3O3/c1-12-5-3-7-16(27-12)22-28-20(23(30)31)21(14-11-13(24)9-10-18(14)32-2)29(22)17-8-4-6-15(25)19(17)26/h3-11H,1-2H3,(H,30,31). The zero-order chi connectivity index (χ0) is 23.0. The number of aromatic nitrogens is 3. The van der Waals surface area contributed by atoms with Crippen LogP contribution in [0.1, 0.15) is 16.2 Å². The molecular weight excluding hydrogens is 456 g/mol. The molecule has 0 saturated heterocycles. The highest BCUT2D eigenvalue weighted by molar-refractivity contribution is 6.31. The van der Waals surface area contributed by atoms with E-state index in [0.717, 1.165) is 0 Å². The predicted molar refractivity (Wildman–Crippen MR) is 120 cm³/mol. The van der Waals surface area contributed by atoms with Crippen LogP contribution in [0.25, 0.3) is 28.5 Å². The van der Waals surface area contributed by atoms with E-state index in [1.165, 1.54) is 29.9 Å². The number of imidazole rings is 1. The third kappa shape index (κ3) is 3.81. The summed E-state index contributed by atoms with van der Waals surface area (Å²) < 4.78 is 22.0. The molecule has 0 aliphatic rings. The van der Waals surface area contributed by atoms with Gasteiger partial charge in [-0.25, -0.2) is 19.2 Å². The van der Waals surface area contributed by atoms with E-state index in [-0.39, 0.29) is 27.9 Å². The Hall–Kier alpha value is -3.42. The Balaban J connectivity index is 2.19. The van der Waals surface area contributed by atoms with Crippen LogP contribution in [-0.4, -0.2) is 32.7 Å². The Morgan fingerprint density at radius 1 is 1.09 bits per heavy atom. The van der Waals surface area contributed by atoms with Crippen molar-refractivity contribution in [1.29, 1.82) is 0 Å². The van der Waals surface area contributed by atoms with Gasteiger partial charge in [0, 0.05) is 16.3 Å². The Morgan fingerprint density at radius 3 is 2.53 bits per heavy atom. The SMILES string of the molecule is COc1ccc(Cl)cc1-c1c(C(=O)O)nc(-c2cccc(C)n2)n1-c1cccc(Cl)c1F. The summed E-state index contributed by atoms with van der Waals surface area (Å²) in [5.41, 5.74) is 1.14. The molecule has 9 heteroatoms. The first-order chi connectivity index (χ1) is 15.3. The molecule has 2 aromatic heterocycles. The summed E-state index contributed by atoms with van der Waals surface area (Å²) in [4.78, 5) is 21.0. The fourth-order valence-electron chi connectivity index (χ4n) is 3.42. The van der Waals surface area contributed by atoms with Crippen LogP contribution in [0.15, 0.2) is 54.6 Å². The average Bonchev–Trinajstić information content (AvgIpc) is 3.16. The fraction of sp³-hybridized carbons (Fsp3) is 0.0870. The Kier molecular flexibility index (Phi) is 5.86. The number of ether oxygens (including phenoxy) is 1. The van der Waals surface area contributed by atoms with Gasteiger partial charge in [0.25, 0.3) is 0 Å². The molecule has 162 valence electrons. The topological polar surface area (TPSA) is 77.2 Å². The average molecular weight is 472 g/mol. The molecular formula is C23H16Cl2FN3O3. The first kappa shape index (κ1) is 21.8. The second kappa shape index (κ2) is 8.61. The molecule has 2 heterocycles. The molecule has 2 aromatic carbocycles. The molecule has 0 fully saturated rings. The lowest BCUT2D eigenvalue weighted by atomic mass is 10.1. The summed E-state index contributed by atoms with van der Waals surface area (Å²) in [6.07, 6.45) is 0. The van der Waals surface area contributed by atoms with Gasteiger partial charge in [0.15, 0.2) is 17.3 Å². The number of nitrogens with zero attached hydrogens (tertiary/aromatic N) is 3. The van der Waals surface area contributed by atoms with Crippen LogP contribution in [0, 0.1) is 12.7 Å². The summed E-state index contributed by atoms with van der Waals surface area (Å²) >= 11 is 12.3. The van der Waals surface area contributed by atoms with Crippen molar-refractivity contribution in [2.75, 3.05) is 7.11 Å². The molecule has 4 rings (SSSR count). The highest BCUT2D eigenvalue weighted by Crippen LogP contribution is 2.40. The zero-order valence-corrected chi connectivity index (χ0v) is 18.4. The number of methoxy groups -OCH3 is 1. The van der Waals surface area contributed by atoms with E-state index in [1.807, 2.05) is 0 Å². The van der Waals surface area contributed by atoms with Crippen molar-refractivity contribution < 1.29 is 19.0 Å². The molecule has 0 amide bonds. The monoisotopic (exact) mass is 471 g/mol.